The average Bonchev–Trinajstić information content (AvgIpc) is 2.66. The number of carbonyl (C=O) groups is 1. The maximum absolute atomic E-state index is 12.0. The van der Waals surface area contributed by atoms with Crippen LogP contribution in [0.2, 0.25) is 0 Å². The van der Waals surface area contributed by atoms with Gasteiger partial charge in [-0.1, -0.05) is 58.0 Å². The van der Waals surface area contributed by atoms with E-state index in [9.17, 15) is 10.1 Å². The molecule has 1 aromatic carbocycles. The highest BCUT2D eigenvalue weighted by molar-refractivity contribution is 5.73. The number of ether oxygens (including phenoxy) is 1. The molecular formula is C22H27N3O2. The lowest BCUT2D eigenvalue weighted by atomic mass is 9.91. The minimum atomic E-state index is -0.342. The molecule has 0 fully saturated rings. The molecule has 1 atom stereocenters. The van der Waals surface area contributed by atoms with Gasteiger partial charge in [0.2, 0.25) is 0 Å². The van der Waals surface area contributed by atoms with Crippen LogP contribution in [-0.2, 0) is 21.5 Å². The molecule has 0 saturated heterocycles. The Hall–Kier alpha value is -2.87. The first kappa shape index (κ1) is 20.4. The molecule has 1 aromatic heterocycles. The van der Waals surface area contributed by atoms with E-state index in [1.807, 2.05) is 54.3 Å². The number of hydrogen-bond acceptors (Lipinski definition) is 5. The van der Waals surface area contributed by atoms with E-state index in [1.165, 1.54) is 7.11 Å². The third-order valence-corrected chi connectivity index (χ3v) is 4.38. The summed E-state index contributed by atoms with van der Waals surface area (Å²) in [6.45, 7) is 9.05. The normalized spacial score (nSPS) is 12.1. The summed E-state index contributed by atoms with van der Waals surface area (Å²) >= 11 is 0. The fraction of sp³-hybridized carbons (Fsp3) is 0.409. The largest absolute Gasteiger partial charge is 0.469 e. The Morgan fingerprint density at radius 3 is 2.44 bits per heavy atom. The topological polar surface area (TPSA) is 66.2 Å². The van der Waals surface area contributed by atoms with Gasteiger partial charge in [-0.05, 0) is 17.7 Å². The van der Waals surface area contributed by atoms with E-state index in [0.29, 0.717) is 24.5 Å². The highest BCUT2D eigenvalue weighted by Crippen LogP contribution is 2.27. The van der Waals surface area contributed by atoms with Crippen LogP contribution in [0.25, 0.3) is 0 Å². The number of methoxy groups -OCH3 is 1. The van der Waals surface area contributed by atoms with Gasteiger partial charge < -0.3 is 9.64 Å². The number of rotatable bonds is 6. The quantitative estimate of drug-likeness (QED) is 0.722. The first-order valence-electron chi connectivity index (χ1n) is 9.04. The van der Waals surface area contributed by atoms with E-state index in [4.69, 9.17) is 9.72 Å². The molecule has 5 nitrogen and oxygen atoms in total. The SMILES string of the molecule is COC(=O)C(C)CN(Cc1ccccc1)c1nc(C(C)(C)C)ccc1C#N. The van der Waals surface area contributed by atoms with Gasteiger partial charge in [0.1, 0.15) is 11.9 Å². The molecule has 27 heavy (non-hydrogen) atoms. The number of hydrogen-bond donors (Lipinski definition) is 0. The van der Waals surface area contributed by atoms with Crippen LogP contribution < -0.4 is 4.90 Å². The Kier molecular flexibility index (Phi) is 6.57. The molecule has 0 spiro atoms. The summed E-state index contributed by atoms with van der Waals surface area (Å²) in [6.07, 6.45) is 0. The maximum Gasteiger partial charge on any atom is 0.310 e. The van der Waals surface area contributed by atoms with Crippen molar-refractivity contribution in [1.82, 2.24) is 4.98 Å². The van der Waals surface area contributed by atoms with Crippen LogP contribution in [0, 0.1) is 17.2 Å². The number of nitrogens with zero attached hydrogens (tertiary/aromatic N) is 3. The van der Waals surface area contributed by atoms with Gasteiger partial charge in [-0.15, -0.1) is 0 Å². The van der Waals surface area contributed by atoms with Crippen molar-refractivity contribution in [2.45, 2.75) is 39.7 Å². The second kappa shape index (κ2) is 8.68. The molecule has 0 saturated carbocycles. The minimum absolute atomic E-state index is 0.144. The van der Waals surface area contributed by atoms with Gasteiger partial charge in [0, 0.05) is 24.2 Å². The van der Waals surface area contributed by atoms with Crippen molar-refractivity contribution < 1.29 is 9.53 Å². The van der Waals surface area contributed by atoms with Crippen molar-refractivity contribution >= 4 is 11.8 Å². The zero-order valence-corrected chi connectivity index (χ0v) is 16.7. The lowest BCUT2D eigenvalue weighted by Gasteiger charge is -2.29. The van der Waals surface area contributed by atoms with Crippen molar-refractivity contribution in [3.05, 3.63) is 59.3 Å². The van der Waals surface area contributed by atoms with Crippen LogP contribution in [0.4, 0.5) is 5.82 Å². The molecule has 0 aliphatic rings. The Balaban J connectivity index is 2.48. The van der Waals surface area contributed by atoms with Gasteiger partial charge in [0.15, 0.2) is 0 Å². The van der Waals surface area contributed by atoms with E-state index in [-0.39, 0.29) is 17.3 Å². The van der Waals surface area contributed by atoms with Crippen LogP contribution in [0.5, 0.6) is 0 Å². The Bertz CT molecular complexity index is 820. The van der Waals surface area contributed by atoms with Crippen molar-refractivity contribution in [3.8, 4) is 6.07 Å². The standard InChI is InChI=1S/C22H27N3O2/c1-16(21(26)27-5)14-25(15-17-9-7-6-8-10-17)20-18(13-23)11-12-19(24-20)22(2,3)4/h6-12,16H,14-15H2,1-5H3. The first-order valence-corrected chi connectivity index (χ1v) is 9.04. The van der Waals surface area contributed by atoms with E-state index >= 15 is 0 Å². The third kappa shape index (κ3) is 5.30. The maximum atomic E-state index is 12.0. The van der Waals surface area contributed by atoms with Crippen molar-refractivity contribution in [1.29, 1.82) is 5.26 Å². The molecule has 1 heterocycles. The van der Waals surface area contributed by atoms with Gasteiger partial charge in [-0.25, -0.2) is 4.98 Å². The number of esters is 1. The zero-order chi connectivity index (χ0) is 20.0. The summed E-state index contributed by atoms with van der Waals surface area (Å²) in [7, 11) is 1.39. The van der Waals surface area contributed by atoms with Crippen molar-refractivity contribution in [2.24, 2.45) is 5.92 Å². The summed E-state index contributed by atoms with van der Waals surface area (Å²) < 4.78 is 4.88. The summed E-state index contributed by atoms with van der Waals surface area (Å²) in [5, 5.41) is 9.61. The number of pyridine rings is 1. The number of anilines is 1. The van der Waals surface area contributed by atoms with E-state index in [1.54, 1.807) is 0 Å². The summed E-state index contributed by atoms with van der Waals surface area (Å²) in [4.78, 5) is 18.8. The lowest BCUT2D eigenvalue weighted by Crippen LogP contribution is -2.33. The zero-order valence-electron chi connectivity index (χ0n) is 16.7. The smallest absolute Gasteiger partial charge is 0.310 e. The van der Waals surface area contributed by atoms with Crippen LogP contribution in [0.1, 0.15) is 44.5 Å². The van der Waals surface area contributed by atoms with E-state index in [2.05, 4.69) is 26.8 Å². The fourth-order valence-electron chi connectivity index (χ4n) is 2.83. The summed E-state index contributed by atoms with van der Waals surface area (Å²) in [5.41, 5.74) is 2.34. The number of benzene rings is 1. The van der Waals surface area contributed by atoms with Gasteiger partial charge >= 0.3 is 5.97 Å². The monoisotopic (exact) mass is 365 g/mol. The summed E-state index contributed by atoms with van der Waals surface area (Å²) in [6, 6.07) is 15.9. The fourth-order valence-corrected chi connectivity index (χ4v) is 2.83. The molecule has 142 valence electrons. The average molecular weight is 365 g/mol. The Labute approximate surface area is 161 Å². The second-order valence-electron chi connectivity index (χ2n) is 7.72. The molecule has 0 amide bonds. The molecule has 5 heteroatoms. The molecular weight excluding hydrogens is 338 g/mol. The molecule has 0 aliphatic heterocycles. The van der Waals surface area contributed by atoms with Crippen LogP contribution in [0.15, 0.2) is 42.5 Å². The molecule has 0 aliphatic carbocycles. The number of aromatic nitrogens is 1. The number of nitriles is 1. The van der Waals surface area contributed by atoms with Crippen LogP contribution >= 0.6 is 0 Å². The molecule has 1 unspecified atom stereocenters. The molecule has 0 bridgehead atoms. The van der Waals surface area contributed by atoms with E-state index in [0.717, 1.165) is 11.3 Å². The Morgan fingerprint density at radius 1 is 1.22 bits per heavy atom. The van der Waals surface area contributed by atoms with Gasteiger partial charge in [0.25, 0.3) is 0 Å². The molecule has 0 N–H and O–H groups in total. The summed E-state index contributed by atoms with van der Waals surface area (Å²) in [5.74, 6) is -0.0200. The molecule has 0 radical (unpaired) electrons. The highest BCUT2D eigenvalue weighted by atomic mass is 16.5. The highest BCUT2D eigenvalue weighted by Gasteiger charge is 2.24. The van der Waals surface area contributed by atoms with Crippen molar-refractivity contribution in [2.75, 3.05) is 18.6 Å². The van der Waals surface area contributed by atoms with Gasteiger partial charge in [0.05, 0.1) is 18.6 Å². The Morgan fingerprint density at radius 2 is 1.89 bits per heavy atom. The lowest BCUT2D eigenvalue weighted by molar-refractivity contribution is -0.144. The number of carbonyl (C=O) groups excluding carboxylic acids is 1. The molecule has 2 aromatic rings. The minimum Gasteiger partial charge on any atom is -0.469 e. The second-order valence-corrected chi connectivity index (χ2v) is 7.72. The van der Waals surface area contributed by atoms with Crippen molar-refractivity contribution in [3.63, 3.8) is 0 Å². The molecule has 2 rings (SSSR count). The van der Waals surface area contributed by atoms with E-state index < -0.39 is 0 Å². The van der Waals surface area contributed by atoms with Gasteiger partial charge in [-0.3, -0.25) is 4.79 Å². The van der Waals surface area contributed by atoms with Crippen LogP contribution in [-0.4, -0.2) is 24.6 Å². The third-order valence-electron chi connectivity index (χ3n) is 4.38. The first-order chi connectivity index (χ1) is 12.8. The predicted molar refractivity (Wildman–Crippen MR) is 106 cm³/mol. The van der Waals surface area contributed by atoms with Crippen LogP contribution in [0.3, 0.4) is 0 Å². The van der Waals surface area contributed by atoms with Gasteiger partial charge in [-0.2, -0.15) is 5.26 Å². The predicted octanol–water partition coefficient (Wildman–Crippen LogP) is 4.07.